The monoisotopic (exact) mass is 311 g/mol. The van der Waals surface area contributed by atoms with Gasteiger partial charge in [0.1, 0.15) is 11.5 Å². The Balaban J connectivity index is 0.00000128. The van der Waals surface area contributed by atoms with Gasteiger partial charge in [-0.05, 0) is 6.07 Å². The maximum atomic E-state index is 6.04. The summed E-state index contributed by atoms with van der Waals surface area (Å²) in [6.07, 6.45) is 3.08. The normalized spacial score (nSPS) is 9.06. The molecule has 1 aromatic carbocycles. The van der Waals surface area contributed by atoms with Crippen LogP contribution in [0.25, 0.3) is 11.3 Å². The highest BCUT2D eigenvalue weighted by Crippen LogP contribution is 2.33. The lowest BCUT2D eigenvalue weighted by molar-refractivity contribution is 1.22. The van der Waals surface area contributed by atoms with Gasteiger partial charge in [0, 0.05) is 18.0 Å². The minimum Gasteiger partial charge on any atom is -0.382 e. The quantitative estimate of drug-likeness (QED) is 0.869. The Morgan fingerprint density at radius 2 is 1.65 bits per heavy atom. The molecule has 0 saturated carbocycles. The number of nitrogens with two attached hydrogens (primary N) is 1. The van der Waals surface area contributed by atoms with E-state index in [-0.39, 0.29) is 24.8 Å². The molecule has 0 amide bonds. The van der Waals surface area contributed by atoms with Gasteiger partial charge in [-0.2, -0.15) is 0 Å². The van der Waals surface area contributed by atoms with E-state index in [1.54, 1.807) is 24.4 Å². The average molecular weight is 313 g/mol. The Hall–Kier alpha value is -0.740. The molecule has 0 aliphatic rings. The van der Waals surface area contributed by atoms with Crippen LogP contribution in [0.2, 0.25) is 10.0 Å². The van der Waals surface area contributed by atoms with E-state index < -0.39 is 0 Å². The van der Waals surface area contributed by atoms with E-state index in [0.29, 0.717) is 27.1 Å². The first kappa shape index (κ1) is 16.3. The average Bonchev–Trinajstić information content (AvgIpc) is 2.23. The zero-order chi connectivity index (χ0) is 10.8. The zero-order valence-corrected chi connectivity index (χ0v) is 11.6. The van der Waals surface area contributed by atoms with Crippen LogP contribution in [-0.4, -0.2) is 9.97 Å². The predicted molar refractivity (Wildman–Crippen MR) is 76.4 cm³/mol. The molecule has 0 radical (unpaired) electrons. The molecule has 0 aliphatic carbocycles. The van der Waals surface area contributed by atoms with Crippen molar-refractivity contribution >= 4 is 53.8 Å². The highest BCUT2D eigenvalue weighted by molar-refractivity contribution is 6.43. The van der Waals surface area contributed by atoms with E-state index >= 15 is 0 Å². The first-order valence-electron chi connectivity index (χ1n) is 4.21. The van der Waals surface area contributed by atoms with Crippen LogP contribution in [0, 0.1) is 0 Å². The number of nitrogen functional groups attached to an aromatic ring is 1. The first-order chi connectivity index (χ1) is 7.20. The van der Waals surface area contributed by atoms with Gasteiger partial charge in [-0.25, -0.2) is 4.98 Å². The molecule has 1 heterocycles. The summed E-state index contributed by atoms with van der Waals surface area (Å²) in [6, 6.07) is 5.30. The number of nitrogens with zero attached hydrogens (tertiary/aromatic N) is 2. The Bertz CT molecular complexity index is 505. The molecule has 3 nitrogen and oxygen atoms in total. The summed E-state index contributed by atoms with van der Waals surface area (Å²) in [5.41, 5.74) is 6.93. The van der Waals surface area contributed by atoms with E-state index in [2.05, 4.69) is 9.97 Å². The van der Waals surface area contributed by atoms with Gasteiger partial charge in [-0.3, -0.25) is 4.98 Å². The number of benzene rings is 1. The van der Waals surface area contributed by atoms with Crippen molar-refractivity contribution in [2.75, 3.05) is 5.73 Å². The fraction of sp³-hybridized carbons (Fsp3) is 0. The van der Waals surface area contributed by atoms with Crippen molar-refractivity contribution < 1.29 is 0 Å². The molecule has 17 heavy (non-hydrogen) atoms. The summed E-state index contributed by atoms with van der Waals surface area (Å²) >= 11 is 11.9. The molecule has 0 spiro atoms. The number of hydrogen-bond donors (Lipinski definition) is 1. The van der Waals surface area contributed by atoms with Gasteiger partial charge in [0.15, 0.2) is 0 Å². The van der Waals surface area contributed by atoms with Crippen molar-refractivity contribution in [1.29, 1.82) is 0 Å². The van der Waals surface area contributed by atoms with Crippen molar-refractivity contribution in [1.82, 2.24) is 9.97 Å². The summed E-state index contributed by atoms with van der Waals surface area (Å²) in [5, 5.41) is 0.908. The van der Waals surface area contributed by atoms with Crippen LogP contribution >= 0.6 is 48.0 Å². The Labute approximate surface area is 121 Å². The number of halogens is 4. The van der Waals surface area contributed by atoms with E-state index in [1.165, 1.54) is 6.20 Å². The zero-order valence-electron chi connectivity index (χ0n) is 8.43. The van der Waals surface area contributed by atoms with Gasteiger partial charge in [0.2, 0.25) is 0 Å². The minimum atomic E-state index is 0. The van der Waals surface area contributed by atoms with Crippen LogP contribution in [0.5, 0.6) is 0 Å². The smallest absolute Gasteiger partial charge is 0.150 e. The molecule has 0 atom stereocenters. The second-order valence-electron chi connectivity index (χ2n) is 2.89. The topological polar surface area (TPSA) is 51.8 Å². The predicted octanol–water partition coefficient (Wildman–Crippen LogP) is 3.88. The molecule has 0 saturated heterocycles. The largest absolute Gasteiger partial charge is 0.382 e. The molecule has 1 aromatic heterocycles. The van der Waals surface area contributed by atoms with Gasteiger partial charge < -0.3 is 5.73 Å². The summed E-state index contributed by atoms with van der Waals surface area (Å²) in [5.74, 6) is 0.335. The Morgan fingerprint density at radius 1 is 1.00 bits per heavy atom. The maximum absolute atomic E-state index is 6.04. The van der Waals surface area contributed by atoms with E-state index in [9.17, 15) is 0 Å². The molecule has 0 fully saturated rings. The van der Waals surface area contributed by atoms with Crippen LogP contribution < -0.4 is 5.73 Å². The standard InChI is InChI=1S/C10H7Cl2N3.2ClH/c11-7-3-1-2-6(8(7)12)9-10(13)15-5-4-14-9;;/h1-5H,(H2,13,15);2*1H. The molecule has 0 unspecified atom stereocenters. The molecular weight excluding hydrogens is 304 g/mol. The van der Waals surface area contributed by atoms with Crippen molar-refractivity contribution in [3.8, 4) is 11.3 Å². The van der Waals surface area contributed by atoms with E-state index in [0.717, 1.165) is 0 Å². The number of rotatable bonds is 1. The van der Waals surface area contributed by atoms with E-state index in [4.69, 9.17) is 28.9 Å². The van der Waals surface area contributed by atoms with Gasteiger partial charge in [0.05, 0.1) is 10.0 Å². The van der Waals surface area contributed by atoms with Crippen LogP contribution in [0.3, 0.4) is 0 Å². The lowest BCUT2D eigenvalue weighted by Crippen LogP contribution is -1.96. The third-order valence-electron chi connectivity index (χ3n) is 1.93. The summed E-state index contributed by atoms with van der Waals surface area (Å²) in [6.45, 7) is 0. The van der Waals surface area contributed by atoms with Crippen molar-refractivity contribution in [3.05, 3.63) is 40.6 Å². The number of anilines is 1. The summed E-state index contributed by atoms with van der Waals surface area (Å²) in [7, 11) is 0. The van der Waals surface area contributed by atoms with E-state index in [1.807, 2.05) is 0 Å². The SMILES string of the molecule is Cl.Cl.Nc1nccnc1-c1cccc(Cl)c1Cl. The molecular formula is C10H9Cl4N3. The lowest BCUT2D eigenvalue weighted by Gasteiger charge is -2.06. The number of aromatic nitrogens is 2. The van der Waals surface area contributed by atoms with Gasteiger partial charge in [-0.1, -0.05) is 35.3 Å². The maximum Gasteiger partial charge on any atom is 0.150 e. The van der Waals surface area contributed by atoms with Gasteiger partial charge in [-0.15, -0.1) is 24.8 Å². The second-order valence-corrected chi connectivity index (χ2v) is 3.68. The van der Waals surface area contributed by atoms with Crippen molar-refractivity contribution in [3.63, 3.8) is 0 Å². The number of hydrogen-bond acceptors (Lipinski definition) is 3. The minimum absolute atomic E-state index is 0. The van der Waals surface area contributed by atoms with Crippen LogP contribution in [-0.2, 0) is 0 Å². The van der Waals surface area contributed by atoms with Crippen LogP contribution in [0.4, 0.5) is 5.82 Å². The van der Waals surface area contributed by atoms with Crippen molar-refractivity contribution in [2.24, 2.45) is 0 Å². The molecule has 2 N–H and O–H groups in total. The second kappa shape index (κ2) is 6.87. The highest BCUT2D eigenvalue weighted by atomic mass is 35.5. The van der Waals surface area contributed by atoms with Crippen LogP contribution in [0.15, 0.2) is 30.6 Å². The molecule has 0 bridgehead atoms. The molecule has 0 aliphatic heterocycles. The molecule has 7 heteroatoms. The summed E-state index contributed by atoms with van der Waals surface area (Å²) < 4.78 is 0. The summed E-state index contributed by atoms with van der Waals surface area (Å²) in [4.78, 5) is 8.06. The van der Waals surface area contributed by atoms with Gasteiger partial charge in [0.25, 0.3) is 0 Å². The Morgan fingerprint density at radius 3 is 2.29 bits per heavy atom. The third-order valence-corrected chi connectivity index (χ3v) is 2.75. The third kappa shape index (κ3) is 3.36. The highest BCUT2D eigenvalue weighted by Gasteiger charge is 2.10. The van der Waals surface area contributed by atoms with Gasteiger partial charge >= 0.3 is 0 Å². The molecule has 92 valence electrons. The lowest BCUT2D eigenvalue weighted by atomic mass is 10.1. The molecule has 2 aromatic rings. The fourth-order valence-corrected chi connectivity index (χ4v) is 1.63. The first-order valence-corrected chi connectivity index (χ1v) is 4.96. The molecule has 2 rings (SSSR count). The fourth-order valence-electron chi connectivity index (χ4n) is 1.24. The van der Waals surface area contributed by atoms with Crippen molar-refractivity contribution in [2.45, 2.75) is 0 Å². The van der Waals surface area contributed by atoms with Crippen LogP contribution in [0.1, 0.15) is 0 Å². The Kier molecular flexibility index (Phi) is 6.57.